The Morgan fingerprint density at radius 3 is 2.84 bits per heavy atom. The number of halogens is 1. The molecule has 0 bridgehead atoms. The minimum absolute atomic E-state index is 0.0134. The Balaban J connectivity index is 1.72. The van der Waals surface area contributed by atoms with Gasteiger partial charge >= 0.3 is 0 Å². The second-order valence-corrected chi connectivity index (χ2v) is 5.15. The number of likely N-dealkylation sites (N-methyl/N-ethyl adjacent to an activating group) is 1. The first-order chi connectivity index (χ1) is 9.16. The zero-order valence-electron chi connectivity index (χ0n) is 11.1. The zero-order chi connectivity index (χ0) is 13.7. The lowest BCUT2D eigenvalue weighted by molar-refractivity contribution is -0.132. The largest absolute Gasteiger partial charge is 0.492 e. The molecule has 1 aliphatic rings. The third-order valence-electron chi connectivity index (χ3n) is 3.24. The predicted octanol–water partition coefficient (Wildman–Crippen LogP) is 1.93. The van der Waals surface area contributed by atoms with Gasteiger partial charge in [0.2, 0.25) is 5.91 Å². The first kappa shape index (κ1) is 14.2. The van der Waals surface area contributed by atoms with E-state index in [2.05, 4.69) is 5.32 Å². The summed E-state index contributed by atoms with van der Waals surface area (Å²) >= 11 is 5.80. The summed E-state index contributed by atoms with van der Waals surface area (Å²) in [6.45, 7) is 2.00. The third-order valence-corrected chi connectivity index (χ3v) is 3.50. The molecule has 1 N–H and O–H groups in total. The van der Waals surface area contributed by atoms with Crippen LogP contribution in [0.5, 0.6) is 5.75 Å². The van der Waals surface area contributed by atoms with Crippen molar-refractivity contribution in [2.45, 2.75) is 18.9 Å². The van der Waals surface area contributed by atoms with Gasteiger partial charge in [-0.1, -0.05) is 11.6 Å². The average molecular weight is 283 g/mol. The molecule has 0 aliphatic carbocycles. The van der Waals surface area contributed by atoms with Gasteiger partial charge in [0.25, 0.3) is 0 Å². The molecule has 2 rings (SSSR count). The molecule has 4 nitrogen and oxygen atoms in total. The van der Waals surface area contributed by atoms with Gasteiger partial charge in [-0.15, -0.1) is 0 Å². The number of carbonyl (C=O) groups excluding carboxylic acids is 1. The maximum absolute atomic E-state index is 12.0. The molecule has 0 spiro atoms. The highest BCUT2D eigenvalue weighted by molar-refractivity contribution is 6.30. The molecule has 1 heterocycles. The van der Waals surface area contributed by atoms with Crippen LogP contribution in [0.2, 0.25) is 5.02 Å². The summed E-state index contributed by atoms with van der Waals surface area (Å²) in [6, 6.07) is 7.20. The highest BCUT2D eigenvalue weighted by Crippen LogP contribution is 2.15. The fourth-order valence-electron chi connectivity index (χ4n) is 2.10. The quantitative estimate of drug-likeness (QED) is 0.897. The number of nitrogens with zero attached hydrogens (tertiary/aromatic N) is 1. The molecule has 0 unspecified atom stereocenters. The van der Waals surface area contributed by atoms with Gasteiger partial charge in [0.1, 0.15) is 12.4 Å². The van der Waals surface area contributed by atoms with E-state index in [0.717, 1.165) is 25.1 Å². The number of amides is 1. The van der Waals surface area contributed by atoms with E-state index in [0.29, 0.717) is 18.2 Å². The number of carbonyl (C=O) groups is 1. The first-order valence-electron chi connectivity index (χ1n) is 6.53. The van der Waals surface area contributed by atoms with E-state index in [1.807, 2.05) is 19.2 Å². The van der Waals surface area contributed by atoms with Crippen LogP contribution >= 0.6 is 11.6 Å². The van der Waals surface area contributed by atoms with Gasteiger partial charge in [-0.05, 0) is 43.7 Å². The van der Waals surface area contributed by atoms with Crippen LogP contribution in [0.15, 0.2) is 24.3 Å². The molecular formula is C14H19ClN2O2. The molecule has 5 heteroatoms. The van der Waals surface area contributed by atoms with Crippen LogP contribution in [0, 0.1) is 0 Å². The minimum atomic E-state index is -0.0134. The molecule has 0 radical (unpaired) electrons. The monoisotopic (exact) mass is 282 g/mol. The average Bonchev–Trinajstić information content (AvgIpc) is 2.94. The minimum Gasteiger partial charge on any atom is -0.492 e. The van der Waals surface area contributed by atoms with Gasteiger partial charge in [-0.2, -0.15) is 0 Å². The van der Waals surface area contributed by atoms with Gasteiger partial charge in [0, 0.05) is 12.1 Å². The normalized spacial score (nSPS) is 18.3. The van der Waals surface area contributed by atoms with Crippen LogP contribution in [0.1, 0.15) is 12.8 Å². The first-order valence-corrected chi connectivity index (χ1v) is 6.91. The summed E-state index contributed by atoms with van der Waals surface area (Å²) in [5.41, 5.74) is 0. The number of hydrogen-bond acceptors (Lipinski definition) is 3. The van der Waals surface area contributed by atoms with E-state index in [-0.39, 0.29) is 11.9 Å². The second-order valence-electron chi connectivity index (χ2n) is 4.71. The van der Waals surface area contributed by atoms with E-state index < -0.39 is 0 Å². The number of benzene rings is 1. The predicted molar refractivity (Wildman–Crippen MR) is 75.6 cm³/mol. The fraction of sp³-hybridized carbons (Fsp3) is 0.500. The third kappa shape index (κ3) is 4.11. The van der Waals surface area contributed by atoms with Gasteiger partial charge in [0.15, 0.2) is 0 Å². The molecule has 19 heavy (non-hydrogen) atoms. The van der Waals surface area contributed by atoms with Crippen LogP contribution in [0.3, 0.4) is 0 Å². The molecule has 1 saturated heterocycles. The Morgan fingerprint density at radius 1 is 1.47 bits per heavy atom. The van der Waals surface area contributed by atoms with Crippen molar-refractivity contribution in [1.82, 2.24) is 10.2 Å². The van der Waals surface area contributed by atoms with E-state index in [1.54, 1.807) is 17.0 Å². The van der Waals surface area contributed by atoms with Crippen molar-refractivity contribution in [3.8, 4) is 5.75 Å². The van der Waals surface area contributed by atoms with Crippen molar-refractivity contribution in [2.24, 2.45) is 0 Å². The van der Waals surface area contributed by atoms with E-state index in [9.17, 15) is 4.79 Å². The molecule has 1 fully saturated rings. The van der Waals surface area contributed by atoms with Crippen molar-refractivity contribution in [1.29, 1.82) is 0 Å². The summed E-state index contributed by atoms with van der Waals surface area (Å²) in [5, 5.41) is 3.89. The van der Waals surface area contributed by atoms with Crippen molar-refractivity contribution < 1.29 is 9.53 Å². The molecule has 1 amide bonds. The molecule has 1 aromatic carbocycles. The van der Waals surface area contributed by atoms with E-state index >= 15 is 0 Å². The fourth-order valence-corrected chi connectivity index (χ4v) is 2.23. The Hall–Kier alpha value is -1.26. The molecule has 104 valence electrons. The Morgan fingerprint density at radius 2 is 2.21 bits per heavy atom. The number of nitrogens with one attached hydrogen (secondary N) is 1. The highest BCUT2D eigenvalue weighted by atomic mass is 35.5. The van der Waals surface area contributed by atoms with Crippen LogP contribution in [0.4, 0.5) is 0 Å². The summed E-state index contributed by atoms with van der Waals surface area (Å²) in [5.74, 6) is 0.918. The lowest BCUT2D eigenvalue weighted by atomic mass is 10.2. The lowest BCUT2D eigenvalue weighted by Gasteiger charge is -2.21. The van der Waals surface area contributed by atoms with Crippen molar-refractivity contribution >= 4 is 17.5 Å². The molecule has 1 aromatic rings. The topological polar surface area (TPSA) is 41.6 Å². The Labute approximate surface area is 118 Å². The van der Waals surface area contributed by atoms with E-state index in [1.165, 1.54) is 0 Å². The lowest BCUT2D eigenvalue weighted by Crippen LogP contribution is -2.43. The Kier molecular flexibility index (Phi) is 5.05. The number of hydrogen-bond donors (Lipinski definition) is 1. The highest BCUT2D eigenvalue weighted by Gasteiger charge is 2.24. The van der Waals surface area contributed by atoms with Crippen molar-refractivity contribution in [2.75, 3.05) is 26.7 Å². The van der Waals surface area contributed by atoms with Crippen molar-refractivity contribution in [3.63, 3.8) is 0 Å². The molecule has 1 atom stereocenters. The van der Waals surface area contributed by atoms with E-state index in [4.69, 9.17) is 16.3 Å². The van der Waals surface area contributed by atoms with Crippen molar-refractivity contribution in [3.05, 3.63) is 29.3 Å². The smallest absolute Gasteiger partial charge is 0.239 e. The van der Waals surface area contributed by atoms with Gasteiger partial charge in [-0.25, -0.2) is 0 Å². The van der Waals surface area contributed by atoms with Crippen LogP contribution in [-0.2, 0) is 4.79 Å². The molecule has 1 aliphatic heterocycles. The summed E-state index contributed by atoms with van der Waals surface area (Å²) in [4.78, 5) is 13.7. The SMILES string of the molecule is CN(CCOc1ccc(Cl)cc1)C(=O)[C@H]1CCCN1. The number of ether oxygens (including phenoxy) is 1. The summed E-state index contributed by atoms with van der Waals surface area (Å²) in [7, 11) is 1.81. The van der Waals surface area contributed by atoms with Gasteiger partial charge in [0.05, 0.1) is 12.6 Å². The summed E-state index contributed by atoms with van der Waals surface area (Å²) < 4.78 is 5.57. The van der Waals surface area contributed by atoms with Gasteiger partial charge < -0.3 is 15.0 Å². The molecule has 0 saturated carbocycles. The molecular weight excluding hydrogens is 264 g/mol. The maximum Gasteiger partial charge on any atom is 0.239 e. The maximum atomic E-state index is 12.0. The Bertz CT molecular complexity index is 416. The summed E-state index contributed by atoms with van der Waals surface area (Å²) in [6.07, 6.45) is 2.01. The van der Waals surface area contributed by atoms with Crippen LogP contribution in [0.25, 0.3) is 0 Å². The van der Waals surface area contributed by atoms with Crippen LogP contribution < -0.4 is 10.1 Å². The second kappa shape index (κ2) is 6.78. The number of rotatable bonds is 5. The molecule has 0 aromatic heterocycles. The van der Waals surface area contributed by atoms with Gasteiger partial charge in [-0.3, -0.25) is 4.79 Å². The zero-order valence-corrected chi connectivity index (χ0v) is 11.8. The standard InChI is InChI=1S/C14H19ClN2O2/c1-17(14(18)13-3-2-8-16-13)9-10-19-12-6-4-11(15)5-7-12/h4-7,13,16H,2-3,8-10H2,1H3/t13-/m1/s1. The van der Waals surface area contributed by atoms with Crippen LogP contribution in [-0.4, -0.2) is 43.6 Å².